The first-order chi connectivity index (χ1) is 6.35. The van der Waals surface area contributed by atoms with Crippen LogP contribution in [0.2, 0.25) is 0 Å². The van der Waals surface area contributed by atoms with Gasteiger partial charge in [-0.1, -0.05) is 24.3 Å². The minimum absolute atomic E-state index is 0.514. The van der Waals surface area contributed by atoms with E-state index in [9.17, 15) is 0 Å². The van der Waals surface area contributed by atoms with Crippen molar-refractivity contribution in [1.82, 2.24) is 0 Å². The first-order valence-corrected chi connectivity index (χ1v) is 4.60. The lowest BCUT2D eigenvalue weighted by molar-refractivity contribution is 0.608. The van der Waals surface area contributed by atoms with Crippen molar-refractivity contribution in [3.63, 3.8) is 0 Å². The average Bonchev–Trinajstić information content (AvgIpc) is 2.16. The van der Waals surface area contributed by atoms with Crippen molar-refractivity contribution in [2.24, 2.45) is 5.92 Å². The van der Waals surface area contributed by atoms with Crippen molar-refractivity contribution >= 4 is 0 Å². The predicted molar refractivity (Wildman–Crippen MR) is 57.1 cm³/mol. The lowest BCUT2D eigenvalue weighted by Crippen LogP contribution is -1.92. The van der Waals surface area contributed by atoms with Gasteiger partial charge in [-0.2, -0.15) is 5.26 Å². The zero-order valence-electron chi connectivity index (χ0n) is 8.08. The molecule has 1 nitrogen and oxygen atoms in total. The van der Waals surface area contributed by atoms with Crippen LogP contribution < -0.4 is 0 Å². The van der Waals surface area contributed by atoms with Gasteiger partial charge in [0, 0.05) is 0 Å². The van der Waals surface area contributed by atoms with Gasteiger partial charge in [-0.05, 0) is 25.2 Å². The van der Waals surface area contributed by atoms with Crippen LogP contribution in [0.25, 0.3) is 0 Å². The molecular formula is C12H17N. The molecule has 0 aromatic heterocycles. The van der Waals surface area contributed by atoms with Gasteiger partial charge in [0.2, 0.25) is 0 Å². The molecule has 0 aromatic carbocycles. The first-order valence-electron chi connectivity index (χ1n) is 4.60. The summed E-state index contributed by atoms with van der Waals surface area (Å²) in [6, 6.07) is 2.07. The van der Waals surface area contributed by atoms with Crippen LogP contribution in [0.1, 0.15) is 25.7 Å². The number of allylic oxidation sites excluding steroid dienone is 4. The molecule has 0 spiro atoms. The van der Waals surface area contributed by atoms with Crippen LogP contribution >= 0.6 is 0 Å². The zero-order valence-corrected chi connectivity index (χ0v) is 8.08. The zero-order chi connectivity index (χ0) is 9.94. The SMILES string of the molecule is C=CCC(C=C)CC/C=C/CC#N. The molecule has 0 heterocycles. The third-order valence-corrected chi connectivity index (χ3v) is 1.88. The molecule has 0 rings (SSSR count). The number of hydrogen-bond acceptors (Lipinski definition) is 1. The molecule has 0 aromatic rings. The van der Waals surface area contributed by atoms with Gasteiger partial charge in [-0.25, -0.2) is 0 Å². The largest absolute Gasteiger partial charge is 0.198 e. The van der Waals surface area contributed by atoms with Crippen LogP contribution in [0, 0.1) is 17.2 Å². The Hall–Kier alpha value is -1.29. The van der Waals surface area contributed by atoms with Crippen molar-refractivity contribution in [3.8, 4) is 6.07 Å². The van der Waals surface area contributed by atoms with Gasteiger partial charge in [0.15, 0.2) is 0 Å². The van der Waals surface area contributed by atoms with Crippen molar-refractivity contribution in [2.75, 3.05) is 0 Å². The second kappa shape index (κ2) is 8.80. The fourth-order valence-electron chi connectivity index (χ4n) is 1.11. The lowest BCUT2D eigenvalue weighted by Gasteiger charge is -2.06. The molecule has 70 valence electrons. The topological polar surface area (TPSA) is 23.8 Å². The molecule has 0 saturated carbocycles. The lowest BCUT2D eigenvalue weighted by atomic mass is 9.99. The van der Waals surface area contributed by atoms with E-state index in [0.29, 0.717) is 12.3 Å². The Morgan fingerprint density at radius 1 is 1.31 bits per heavy atom. The highest BCUT2D eigenvalue weighted by atomic mass is 14.2. The van der Waals surface area contributed by atoms with Crippen LogP contribution in [0.4, 0.5) is 0 Å². The molecule has 1 atom stereocenters. The molecule has 0 amide bonds. The van der Waals surface area contributed by atoms with Gasteiger partial charge < -0.3 is 0 Å². The van der Waals surface area contributed by atoms with E-state index in [2.05, 4.69) is 25.3 Å². The average molecular weight is 175 g/mol. The van der Waals surface area contributed by atoms with Gasteiger partial charge in [-0.3, -0.25) is 0 Å². The second-order valence-corrected chi connectivity index (χ2v) is 2.93. The van der Waals surface area contributed by atoms with Gasteiger partial charge in [-0.15, -0.1) is 13.2 Å². The molecular weight excluding hydrogens is 158 g/mol. The van der Waals surface area contributed by atoms with E-state index in [1.54, 1.807) is 0 Å². The van der Waals surface area contributed by atoms with Crippen LogP contribution in [0.15, 0.2) is 37.5 Å². The van der Waals surface area contributed by atoms with Crippen LogP contribution in [-0.2, 0) is 0 Å². The summed E-state index contributed by atoms with van der Waals surface area (Å²) in [6.07, 6.45) is 11.5. The van der Waals surface area contributed by atoms with E-state index >= 15 is 0 Å². The minimum atomic E-state index is 0.514. The highest BCUT2D eigenvalue weighted by molar-refractivity contribution is 4.92. The molecule has 0 aliphatic heterocycles. The Morgan fingerprint density at radius 2 is 2.08 bits per heavy atom. The van der Waals surface area contributed by atoms with Crippen molar-refractivity contribution in [1.29, 1.82) is 5.26 Å². The fourth-order valence-corrected chi connectivity index (χ4v) is 1.11. The first kappa shape index (κ1) is 11.7. The maximum atomic E-state index is 8.27. The number of nitrogens with zero attached hydrogens (tertiary/aromatic N) is 1. The number of rotatable bonds is 7. The molecule has 0 N–H and O–H groups in total. The minimum Gasteiger partial charge on any atom is -0.198 e. The quantitative estimate of drug-likeness (QED) is 0.542. The Kier molecular flexibility index (Phi) is 7.93. The molecule has 0 aliphatic rings. The van der Waals surface area contributed by atoms with E-state index in [1.165, 1.54) is 0 Å². The third-order valence-electron chi connectivity index (χ3n) is 1.88. The molecule has 0 radical (unpaired) electrons. The van der Waals surface area contributed by atoms with Crippen LogP contribution in [-0.4, -0.2) is 0 Å². The Labute approximate surface area is 81.1 Å². The van der Waals surface area contributed by atoms with Crippen molar-refractivity contribution in [3.05, 3.63) is 37.5 Å². The summed E-state index contributed by atoms with van der Waals surface area (Å²) in [5, 5.41) is 8.27. The molecule has 0 aliphatic carbocycles. The number of hydrogen-bond donors (Lipinski definition) is 0. The van der Waals surface area contributed by atoms with E-state index in [4.69, 9.17) is 5.26 Å². The van der Waals surface area contributed by atoms with Crippen molar-refractivity contribution < 1.29 is 0 Å². The van der Waals surface area contributed by atoms with Crippen molar-refractivity contribution in [2.45, 2.75) is 25.7 Å². The summed E-state index contributed by atoms with van der Waals surface area (Å²) in [5.41, 5.74) is 0. The monoisotopic (exact) mass is 175 g/mol. The summed E-state index contributed by atoms with van der Waals surface area (Å²) in [7, 11) is 0. The standard InChI is InChI=1S/C12H17N/c1-3-9-12(4-2)10-7-5-6-8-11-13/h3-6,12H,1-2,7-10H2/b6-5+. The summed E-state index contributed by atoms with van der Waals surface area (Å²) >= 11 is 0. The van der Waals surface area contributed by atoms with E-state index < -0.39 is 0 Å². The third kappa shape index (κ3) is 7.08. The van der Waals surface area contributed by atoms with Gasteiger partial charge in [0.25, 0.3) is 0 Å². The Balaban J connectivity index is 3.54. The summed E-state index contributed by atoms with van der Waals surface area (Å²) in [5.74, 6) is 0.532. The van der Waals surface area contributed by atoms with Crippen LogP contribution in [0.5, 0.6) is 0 Å². The fraction of sp³-hybridized carbons (Fsp3) is 0.417. The predicted octanol–water partition coefficient (Wildman–Crippen LogP) is 3.61. The molecule has 1 heteroatoms. The van der Waals surface area contributed by atoms with Crippen LogP contribution in [0.3, 0.4) is 0 Å². The van der Waals surface area contributed by atoms with Gasteiger partial charge in [0.1, 0.15) is 0 Å². The summed E-state index contributed by atoms with van der Waals surface area (Å²) < 4.78 is 0. The maximum Gasteiger partial charge on any atom is 0.0663 e. The molecule has 0 fully saturated rings. The highest BCUT2D eigenvalue weighted by Crippen LogP contribution is 2.12. The van der Waals surface area contributed by atoms with E-state index in [-0.39, 0.29) is 0 Å². The second-order valence-electron chi connectivity index (χ2n) is 2.93. The Morgan fingerprint density at radius 3 is 2.62 bits per heavy atom. The molecule has 13 heavy (non-hydrogen) atoms. The van der Waals surface area contributed by atoms with Gasteiger partial charge in [0.05, 0.1) is 12.5 Å². The molecule has 0 bridgehead atoms. The smallest absolute Gasteiger partial charge is 0.0663 e. The molecule has 1 unspecified atom stereocenters. The Bertz CT molecular complexity index is 208. The molecule has 0 saturated heterocycles. The maximum absolute atomic E-state index is 8.27. The van der Waals surface area contributed by atoms with Gasteiger partial charge >= 0.3 is 0 Å². The number of nitriles is 1. The summed E-state index contributed by atoms with van der Waals surface area (Å²) in [6.45, 7) is 7.47. The van der Waals surface area contributed by atoms with E-state index in [0.717, 1.165) is 19.3 Å². The highest BCUT2D eigenvalue weighted by Gasteiger charge is 1.98. The summed E-state index contributed by atoms with van der Waals surface area (Å²) in [4.78, 5) is 0. The normalized spacial score (nSPS) is 12.2. The van der Waals surface area contributed by atoms with E-state index in [1.807, 2.05) is 18.2 Å².